The molecule has 144 valence electrons. The van der Waals surface area contributed by atoms with Crippen LogP contribution >= 0.6 is 23.8 Å². The summed E-state index contributed by atoms with van der Waals surface area (Å²) in [6.07, 6.45) is 2.53. The van der Waals surface area contributed by atoms with Crippen molar-refractivity contribution in [3.05, 3.63) is 58.6 Å². The van der Waals surface area contributed by atoms with Crippen molar-refractivity contribution in [3.63, 3.8) is 0 Å². The Kier molecular flexibility index (Phi) is 6.77. The quantitative estimate of drug-likeness (QED) is 0.432. The summed E-state index contributed by atoms with van der Waals surface area (Å²) in [6, 6.07) is 9.79. The van der Waals surface area contributed by atoms with Crippen molar-refractivity contribution < 1.29 is 9.15 Å². The number of nitrogens with one attached hydrogen (secondary N) is 2. The first-order valence-corrected chi connectivity index (χ1v) is 9.68. The van der Waals surface area contributed by atoms with Crippen LogP contribution in [0.25, 0.3) is 10.9 Å². The molecular weight excluding hydrogens is 382 g/mol. The van der Waals surface area contributed by atoms with Crippen LogP contribution in [0.4, 0.5) is 0 Å². The highest BCUT2D eigenvalue weighted by molar-refractivity contribution is 7.80. The molecule has 2 aromatic heterocycles. The summed E-state index contributed by atoms with van der Waals surface area (Å²) in [5.41, 5.74) is 3.52. The van der Waals surface area contributed by atoms with E-state index in [9.17, 15) is 0 Å². The van der Waals surface area contributed by atoms with Crippen LogP contribution in [-0.2, 0) is 17.7 Å². The second kappa shape index (κ2) is 9.26. The Morgan fingerprint density at radius 3 is 2.96 bits per heavy atom. The topological polar surface area (TPSA) is 53.4 Å². The number of hydrogen-bond acceptors (Lipinski definition) is 3. The number of thiocarbonyl (C=S) groups is 1. The highest BCUT2D eigenvalue weighted by Gasteiger charge is 2.15. The van der Waals surface area contributed by atoms with Gasteiger partial charge in [-0.2, -0.15) is 0 Å². The number of H-pyrrole nitrogens is 1. The number of hydrogen-bond donors (Lipinski definition) is 2. The van der Waals surface area contributed by atoms with E-state index >= 15 is 0 Å². The van der Waals surface area contributed by atoms with Gasteiger partial charge < -0.3 is 24.4 Å². The maximum Gasteiger partial charge on any atom is 0.169 e. The third kappa shape index (κ3) is 5.03. The summed E-state index contributed by atoms with van der Waals surface area (Å²) in [5, 5.41) is 5.85. The SMILES string of the molecule is COCCNC(=S)N(CCc1c(C)[nH]c2ccc(Cl)cc12)Cc1ccco1. The van der Waals surface area contributed by atoms with E-state index in [2.05, 4.69) is 22.1 Å². The molecule has 0 fully saturated rings. The molecule has 0 aliphatic heterocycles. The summed E-state index contributed by atoms with van der Waals surface area (Å²) in [7, 11) is 1.68. The largest absolute Gasteiger partial charge is 0.467 e. The van der Waals surface area contributed by atoms with Gasteiger partial charge in [0, 0.05) is 41.8 Å². The first-order chi connectivity index (χ1) is 13.1. The summed E-state index contributed by atoms with van der Waals surface area (Å²) in [5.74, 6) is 0.879. The molecule has 0 bridgehead atoms. The Balaban J connectivity index is 1.74. The first-order valence-electron chi connectivity index (χ1n) is 8.89. The maximum absolute atomic E-state index is 6.20. The number of furan rings is 1. The molecule has 0 aliphatic carbocycles. The predicted molar refractivity (Wildman–Crippen MR) is 113 cm³/mol. The van der Waals surface area contributed by atoms with Crippen molar-refractivity contribution in [2.45, 2.75) is 19.9 Å². The number of fused-ring (bicyclic) bond motifs is 1. The van der Waals surface area contributed by atoms with Gasteiger partial charge in [-0.05, 0) is 61.5 Å². The number of aromatic amines is 1. The first kappa shape index (κ1) is 19.7. The number of halogens is 1. The Bertz CT molecular complexity index is 892. The minimum Gasteiger partial charge on any atom is -0.467 e. The lowest BCUT2D eigenvalue weighted by molar-refractivity contribution is 0.202. The van der Waals surface area contributed by atoms with Crippen LogP contribution < -0.4 is 5.32 Å². The van der Waals surface area contributed by atoms with Crippen molar-refractivity contribution in [3.8, 4) is 0 Å². The Morgan fingerprint density at radius 2 is 2.22 bits per heavy atom. The second-order valence-electron chi connectivity index (χ2n) is 6.39. The van der Waals surface area contributed by atoms with E-state index in [1.165, 1.54) is 5.56 Å². The van der Waals surface area contributed by atoms with Gasteiger partial charge in [0.05, 0.1) is 19.4 Å². The molecule has 7 heteroatoms. The van der Waals surface area contributed by atoms with Crippen molar-refractivity contribution in [1.82, 2.24) is 15.2 Å². The van der Waals surface area contributed by atoms with Gasteiger partial charge in [-0.1, -0.05) is 11.6 Å². The molecule has 5 nitrogen and oxygen atoms in total. The van der Waals surface area contributed by atoms with Crippen molar-refractivity contribution in [2.75, 3.05) is 26.8 Å². The lowest BCUT2D eigenvalue weighted by Crippen LogP contribution is -2.41. The minimum atomic E-state index is 0.606. The molecule has 0 amide bonds. The van der Waals surface area contributed by atoms with Gasteiger partial charge in [0.15, 0.2) is 5.11 Å². The fourth-order valence-electron chi connectivity index (χ4n) is 3.14. The molecule has 3 aromatic rings. The molecule has 0 spiro atoms. The van der Waals surface area contributed by atoms with Gasteiger partial charge in [-0.25, -0.2) is 0 Å². The number of methoxy groups -OCH3 is 1. The number of aromatic nitrogens is 1. The van der Waals surface area contributed by atoms with Gasteiger partial charge in [0.1, 0.15) is 5.76 Å². The van der Waals surface area contributed by atoms with Gasteiger partial charge >= 0.3 is 0 Å². The van der Waals surface area contributed by atoms with Gasteiger partial charge in [0.25, 0.3) is 0 Å². The van der Waals surface area contributed by atoms with E-state index < -0.39 is 0 Å². The van der Waals surface area contributed by atoms with E-state index in [1.807, 2.05) is 30.3 Å². The second-order valence-corrected chi connectivity index (χ2v) is 7.22. The molecule has 3 rings (SSSR count). The van der Waals surface area contributed by atoms with E-state index in [4.69, 9.17) is 33.0 Å². The van der Waals surface area contributed by atoms with Crippen LogP contribution in [0.15, 0.2) is 41.0 Å². The highest BCUT2D eigenvalue weighted by atomic mass is 35.5. The summed E-state index contributed by atoms with van der Waals surface area (Å²) in [6.45, 7) is 4.75. The lowest BCUT2D eigenvalue weighted by Gasteiger charge is -2.25. The van der Waals surface area contributed by atoms with E-state index in [0.29, 0.717) is 24.8 Å². The normalized spacial score (nSPS) is 11.1. The Hall–Kier alpha value is -2.02. The molecule has 2 N–H and O–H groups in total. The molecule has 0 saturated carbocycles. The summed E-state index contributed by atoms with van der Waals surface area (Å²) >= 11 is 11.8. The van der Waals surface area contributed by atoms with Gasteiger partial charge in [-0.3, -0.25) is 0 Å². The monoisotopic (exact) mass is 405 g/mol. The molecular formula is C20H24ClN3O2S. The fraction of sp³-hybridized carbons (Fsp3) is 0.350. The number of ether oxygens (including phenoxy) is 1. The van der Waals surface area contributed by atoms with Crippen LogP contribution in [0.5, 0.6) is 0 Å². The lowest BCUT2D eigenvalue weighted by atomic mass is 10.1. The van der Waals surface area contributed by atoms with Crippen LogP contribution in [0.1, 0.15) is 17.0 Å². The van der Waals surface area contributed by atoms with Crippen LogP contribution in [0.3, 0.4) is 0 Å². The van der Waals surface area contributed by atoms with Crippen LogP contribution in [-0.4, -0.2) is 41.8 Å². The van der Waals surface area contributed by atoms with E-state index in [1.54, 1.807) is 13.4 Å². The number of benzene rings is 1. The molecule has 0 saturated heterocycles. The maximum atomic E-state index is 6.20. The third-order valence-electron chi connectivity index (χ3n) is 4.51. The average molecular weight is 406 g/mol. The zero-order chi connectivity index (χ0) is 19.2. The van der Waals surface area contributed by atoms with E-state index in [0.717, 1.165) is 40.3 Å². The van der Waals surface area contributed by atoms with Crippen molar-refractivity contribution in [2.24, 2.45) is 0 Å². The van der Waals surface area contributed by atoms with Crippen molar-refractivity contribution in [1.29, 1.82) is 0 Å². The van der Waals surface area contributed by atoms with Crippen LogP contribution in [0.2, 0.25) is 5.02 Å². The van der Waals surface area contributed by atoms with Crippen molar-refractivity contribution >= 4 is 39.8 Å². The van der Waals surface area contributed by atoms with Gasteiger partial charge in [-0.15, -0.1) is 0 Å². The number of nitrogens with zero attached hydrogens (tertiary/aromatic N) is 1. The number of rotatable bonds is 8. The smallest absolute Gasteiger partial charge is 0.169 e. The zero-order valence-electron chi connectivity index (χ0n) is 15.5. The zero-order valence-corrected chi connectivity index (χ0v) is 17.1. The summed E-state index contributed by atoms with van der Waals surface area (Å²) < 4.78 is 10.6. The molecule has 0 aliphatic rings. The summed E-state index contributed by atoms with van der Waals surface area (Å²) in [4.78, 5) is 5.55. The fourth-order valence-corrected chi connectivity index (χ4v) is 3.57. The molecule has 1 aromatic carbocycles. The Labute approximate surface area is 169 Å². The molecule has 0 atom stereocenters. The molecule has 0 unspecified atom stereocenters. The molecule has 2 heterocycles. The highest BCUT2D eigenvalue weighted by Crippen LogP contribution is 2.26. The molecule has 27 heavy (non-hydrogen) atoms. The molecule has 0 radical (unpaired) electrons. The minimum absolute atomic E-state index is 0.606. The standard InChI is InChI=1S/C20H24ClN3O2S/c1-14-17(18-12-15(21)5-6-19(18)23-14)7-9-24(13-16-4-3-10-26-16)20(27)22-8-11-25-2/h3-6,10,12,23H,7-9,11,13H2,1-2H3,(H,22,27). The Morgan fingerprint density at radius 1 is 1.37 bits per heavy atom. The third-order valence-corrected chi connectivity index (χ3v) is 5.15. The number of aryl methyl sites for hydroxylation is 1. The average Bonchev–Trinajstić information content (AvgIpc) is 3.26. The van der Waals surface area contributed by atoms with Crippen LogP contribution in [0, 0.1) is 6.92 Å². The predicted octanol–water partition coefficient (Wildman–Crippen LogP) is 4.29. The van der Waals surface area contributed by atoms with Gasteiger partial charge in [0.2, 0.25) is 0 Å². The van der Waals surface area contributed by atoms with E-state index in [-0.39, 0.29) is 0 Å².